The second-order valence-corrected chi connectivity index (χ2v) is 4.09. The van der Waals surface area contributed by atoms with Gasteiger partial charge in [0.1, 0.15) is 0 Å². The molecule has 1 unspecified atom stereocenters. The minimum Gasteiger partial charge on any atom is -0.376 e. The standard InChI is InChI=1S/C12H15F3O/c1-4-11(16,12(13,14)15)10-6-8(2)5-9(3)7-10/h5-7,16H,4H2,1-3H3. The Kier molecular flexibility index (Phi) is 3.33. The highest BCUT2D eigenvalue weighted by molar-refractivity contribution is 5.33. The average molecular weight is 232 g/mol. The molecule has 0 aliphatic rings. The molecule has 1 aromatic rings. The average Bonchev–Trinajstić information content (AvgIpc) is 2.13. The molecule has 0 saturated heterocycles. The monoisotopic (exact) mass is 232 g/mol. The maximum Gasteiger partial charge on any atom is 0.421 e. The van der Waals surface area contributed by atoms with Gasteiger partial charge < -0.3 is 5.11 Å². The van der Waals surface area contributed by atoms with Crippen molar-refractivity contribution >= 4 is 0 Å². The summed E-state index contributed by atoms with van der Waals surface area (Å²) in [6.45, 7) is 4.75. The Morgan fingerprint density at radius 3 is 1.81 bits per heavy atom. The third-order valence-electron chi connectivity index (χ3n) is 2.68. The van der Waals surface area contributed by atoms with Crippen molar-refractivity contribution in [3.8, 4) is 0 Å². The van der Waals surface area contributed by atoms with E-state index in [1.165, 1.54) is 19.1 Å². The minimum atomic E-state index is -4.65. The van der Waals surface area contributed by atoms with E-state index in [9.17, 15) is 18.3 Å². The van der Waals surface area contributed by atoms with Crippen molar-refractivity contribution < 1.29 is 18.3 Å². The van der Waals surface area contributed by atoms with Gasteiger partial charge in [0.2, 0.25) is 0 Å². The summed E-state index contributed by atoms with van der Waals surface area (Å²) in [5, 5.41) is 9.75. The van der Waals surface area contributed by atoms with E-state index in [1.807, 2.05) is 0 Å². The van der Waals surface area contributed by atoms with Crippen LogP contribution in [0.2, 0.25) is 0 Å². The molecule has 0 saturated carbocycles. The van der Waals surface area contributed by atoms with Gasteiger partial charge in [-0.05, 0) is 25.8 Å². The van der Waals surface area contributed by atoms with Gasteiger partial charge in [0.25, 0.3) is 0 Å². The van der Waals surface area contributed by atoms with Gasteiger partial charge in [0, 0.05) is 0 Å². The van der Waals surface area contributed by atoms with Crippen molar-refractivity contribution in [2.75, 3.05) is 0 Å². The third-order valence-corrected chi connectivity index (χ3v) is 2.68. The molecule has 4 heteroatoms. The Morgan fingerprint density at radius 2 is 1.50 bits per heavy atom. The molecule has 1 atom stereocenters. The molecule has 0 fully saturated rings. The van der Waals surface area contributed by atoms with Crippen molar-refractivity contribution in [2.45, 2.75) is 39.0 Å². The topological polar surface area (TPSA) is 20.2 Å². The summed E-state index contributed by atoms with van der Waals surface area (Å²) in [5.74, 6) is 0. The quantitative estimate of drug-likeness (QED) is 0.827. The van der Waals surface area contributed by atoms with Crippen molar-refractivity contribution in [3.63, 3.8) is 0 Å². The Balaban J connectivity index is 3.34. The molecule has 1 rings (SSSR count). The highest BCUT2D eigenvalue weighted by Crippen LogP contribution is 2.41. The maximum atomic E-state index is 12.8. The summed E-state index contributed by atoms with van der Waals surface area (Å²) in [7, 11) is 0. The lowest BCUT2D eigenvalue weighted by molar-refractivity contribution is -0.267. The second-order valence-electron chi connectivity index (χ2n) is 4.09. The van der Waals surface area contributed by atoms with Gasteiger partial charge in [-0.2, -0.15) is 13.2 Å². The fourth-order valence-electron chi connectivity index (χ4n) is 1.78. The maximum absolute atomic E-state index is 12.8. The number of halogens is 3. The molecule has 16 heavy (non-hydrogen) atoms. The van der Waals surface area contributed by atoms with Crippen molar-refractivity contribution in [3.05, 3.63) is 34.9 Å². The van der Waals surface area contributed by atoms with Crippen LogP contribution >= 0.6 is 0 Å². The largest absolute Gasteiger partial charge is 0.421 e. The third kappa shape index (κ3) is 2.21. The number of benzene rings is 1. The van der Waals surface area contributed by atoms with Crippen LogP contribution in [0.15, 0.2) is 18.2 Å². The predicted molar refractivity (Wildman–Crippen MR) is 56.2 cm³/mol. The lowest BCUT2D eigenvalue weighted by atomic mass is 9.88. The van der Waals surface area contributed by atoms with Crippen LogP contribution in [0, 0.1) is 13.8 Å². The first-order valence-electron chi connectivity index (χ1n) is 5.08. The van der Waals surface area contributed by atoms with Gasteiger partial charge in [-0.15, -0.1) is 0 Å². The molecule has 90 valence electrons. The van der Waals surface area contributed by atoms with E-state index in [4.69, 9.17) is 0 Å². The molecule has 1 nitrogen and oxygen atoms in total. The number of aliphatic hydroxyl groups is 1. The SMILES string of the molecule is CCC(O)(c1cc(C)cc(C)c1)C(F)(F)F. The van der Waals surface area contributed by atoms with E-state index in [0.717, 1.165) is 0 Å². The number of hydrogen-bond donors (Lipinski definition) is 1. The number of aryl methyl sites for hydroxylation is 2. The smallest absolute Gasteiger partial charge is 0.376 e. The van der Waals surface area contributed by atoms with Gasteiger partial charge in [-0.3, -0.25) is 0 Å². The first kappa shape index (κ1) is 13.0. The summed E-state index contributed by atoms with van der Waals surface area (Å²) < 4.78 is 38.4. The molecule has 0 aliphatic carbocycles. The molecule has 0 spiro atoms. The van der Waals surface area contributed by atoms with Gasteiger partial charge >= 0.3 is 6.18 Å². The first-order valence-corrected chi connectivity index (χ1v) is 5.08. The minimum absolute atomic E-state index is 0.0833. The summed E-state index contributed by atoms with van der Waals surface area (Å²) in [5.41, 5.74) is -1.40. The Morgan fingerprint density at radius 1 is 1.06 bits per heavy atom. The van der Waals surface area contributed by atoms with E-state index in [0.29, 0.717) is 11.1 Å². The normalized spacial score (nSPS) is 15.9. The lowest BCUT2D eigenvalue weighted by Crippen LogP contribution is -2.41. The summed E-state index contributed by atoms with van der Waals surface area (Å²) in [6.07, 6.45) is -5.04. The fraction of sp³-hybridized carbons (Fsp3) is 0.500. The van der Waals surface area contributed by atoms with Crippen LogP contribution in [0.4, 0.5) is 13.2 Å². The van der Waals surface area contributed by atoms with E-state index in [1.54, 1.807) is 19.9 Å². The molecule has 0 bridgehead atoms. The Labute approximate surface area is 92.9 Å². The fourth-order valence-corrected chi connectivity index (χ4v) is 1.78. The molecule has 0 aromatic heterocycles. The zero-order chi connectivity index (χ0) is 12.6. The van der Waals surface area contributed by atoms with Crippen LogP contribution in [0.1, 0.15) is 30.0 Å². The van der Waals surface area contributed by atoms with Crippen molar-refractivity contribution in [2.24, 2.45) is 0 Å². The zero-order valence-electron chi connectivity index (χ0n) is 9.52. The number of alkyl halides is 3. The highest BCUT2D eigenvalue weighted by atomic mass is 19.4. The molecular weight excluding hydrogens is 217 g/mol. The van der Waals surface area contributed by atoms with Crippen LogP contribution in [0.5, 0.6) is 0 Å². The van der Waals surface area contributed by atoms with Crippen LogP contribution in [-0.4, -0.2) is 11.3 Å². The number of rotatable bonds is 2. The van der Waals surface area contributed by atoms with E-state index in [-0.39, 0.29) is 12.0 Å². The molecular formula is C12H15F3O. The summed E-state index contributed by atoms with van der Waals surface area (Å²) >= 11 is 0. The van der Waals surface area contributed by atoms with Crippen molar-refractivity contribution in [1.29, 1.82) is 0 Å². The van der Waals surface area contributed by atoms with E-state index < -0.39 is 11.8 Å². The van der Waals surface area contributed by atoms with E-state index in [2.05, 4.69) is 0 Å². The molecule has 1 N–H and O–H groups in total. The lowest BCUT2D eigenvalue weighted by Gasteiger charge is -2.30. The van der Waals surface area contributed by atoms with Crippen LogP contribution < -0.4 is 0 Å². The predicted octanol–water partition coefficient (Wildman–Crippen LogP) is 3.46. The molecule has 0 aliphatic heterocycles. The number of hydrogen-bond acceptors (Lipinski definition) is 1. The van der Waals surface area contributed by atoms with Crippen LogP contribution in [0.25, 0.3) is 0 Å². The second kappa shape index (κ2) is 4.09. The summed E-state index contributed by atoms with van der Waals surface area (Å²) in [4.78, 5) is 0. The molecule has 1 aromatic carbocycles. The Hall–Kier alpha value is -1.03. The van der Waals surface area contributed by atoms with E-state index >= 15 is 0 Å². The van der Waals surface area contributed by atoms with Crippen molar-refractivity contribution in [1.82, 2.24) is 0 Å². The summed E-state index contributed by atoms with van der Waals surface area (Å²) in [6, 6.07) is 4.53. The molecule has 0 heterocycles. The zero-order valence-corrected chi connectivity index (χ0v) is 9.52. The molecule has 0 amide bonds. The van der Waals surface area contributed by atoms with Crippen LogP contribution in [0.3, 0.4) is 0 Å². The Bertz CT molecular complexity index is 364. The van der Waals surface area contributed by atoms with Gasteiger partial charge in [-0.1, -0.05) is 36.2 Å². The van der Waals surface area contributed by atoms with Crippen LogP contribution in [-0.2, 0) is 5.60 Å². The van der Waals surface area contributed by atoms with Gasteiger partial charge in [0.05, 0.1) is 0 Å². The molecule has 0 radical (unpaired) electrons. The van der Waals surface area contributed by atoms with Gasteiger partial charge in [-0.25, -0.2) is 0 Å². The first-order chi connectivity index (χ1) is 7.20. The highest BCUT2D eigenvalue weighted by Gasteiger charge is 2.53. The van der Waals surface area contributed by atoms with Gasteiger partial charge in [0.15, 0.2) is 5.60 Å².